The van der Waals surface area contributed by atoms with E-state index in [2.05, 4.69) is 10.3 Å². The smallest absolute Gasteiger partial charge is 0.235 e. The summed E-state index contributed by atoms with van der Waals surface area (Å²) in [5, 5.41) is 2.64. The van der Waals surface area contributed by atoms with Gasteiger partial charge in [-0.2, -0.15) is 0 Å². The van der Waals surface area contributed by atoms with Gasteiger partial charge in [0.2, 0.25) is 5.91 Å². The highest BCUT2D eigenvalue weighted by molar-refractivity contribution is 6.20. The monoisotopic (exact) mass is 190 g/mol. The van der Waals surface area contributed by atoms with E-state index < -0.39 is 5.92 Å². The van der Waals surface area contributed by atoms with Crippen LogP contribution >= 0.6 is 0 Å². The Labute approximate surface area is 81.3 Å². The Morgan fingerprint density at radius 3 is 2.86 bits per heavy atom. The summed E-state index contributed by atoms with van der Waals surface area (Å²) in [6.07, 6.45) is 1.52. The average Bonchev–Trinajstić information content (AvgIpc) is 2.16. The van der Waals surface area contributed by atoms with Crippen molar-refractivity contribution in [2.45, 2.75) is 13.8 Å². The number of nitrogens with zero attached hydrogens (tertiary/aromatic N) is 1. The third-order valence-corrected chi connectivity index (χ3v) is 2.35. The summed E-state index contributed by atoms with van der Waals surface area (Å²) in [5.74, 6) is -0.980. The van der Waals surface area contributed by atoms with Crippen LogP contribution in [-0.4, -0.2) is 16.7 Å². The first kappa shape index (κ1) is 8.87. The Hall–Kier alpha value is -1.71. The van der Waals surface area contributed by atoms with Crippen molar-refractivity contribution in [3.63, 3.8) is 0 Å². The number of pyridine rings is 1. The number of rotatable bonds is 0. The summed E-state index contributed by atoms with van der Waals surface area (Å²) in [7, 11) is 0. The van der Waals surface area contributed by atoms with Crippen LogP contribution in [0, 0.1) is 12.8 Å². The van der Waals surface area contributed by atoms with E-state index in [4.69, 9.17) is 0 Å². The van der Waals surface area contributed by atoms with Gasteiger partial charge in [-0.05, 0) is 19.9 Å². The van der Waals surface area contributed by atoms with Crippen molar-refractivity contribution >= 4 is 17.4 Å². The summed E-state index contributed by atoms with van der Waals surface area (Å²) in [6.45, 7) is 3.42. The molecule has 4 nitrogen and oxygen atoms in total. The molecule has 1 aromatic heterocycles. The van der Waals surface area contributed by atoms with Gasteiger partial charge in [0.05, 0.1) is 17.8 Å². The quantitative estimate of drug-likeness (QED) is 0.624. The van der Waals surface area contributed by atoms with Crippen LogP contribution < -0.4 is 5.32 Å². The molecule has 0 bridgehead atoms. The zero-order valence-electron chi connectivity index (χ0n) is 8.00. The Bertz CT molecular complexity index is 426. The molecule has 1 aliphatic rings. The third-order valence-electron chi connectivity index (χ3n) is 2.35. The van der Waals surface area contributed by atoms with Gasteiger partial charge >= 0.3 is 0 Å². The van der Waals surface area contributed by atoms with Gasteiger partial charge in [-0.1, -0.05) is 0 Å². The molecule has 0 saturated heterocycles. The van der Waals surface area contributed by atoms with Gasteiger partial charge in [-0.25, -0.2) is 0 Å². The zero-order chi connectivity index (χ0) is 10.3. The molecule has 0 saturated carbocycles. The maximum absolute atomic E-state index is 11.7. The minimum Gasteiger partial charge on any atom is -0.323 e. The number of amides is 1. The second-order valence-corrected chi connectivity index (χ2v) is 3.45. The summed E-state index contributed by atoms with van der Waals surface area (Å²) >= 11 is 0. The zero-order valence-corrected chi connectivity index (χ0v) is 8.00. The SMILES string of the molecule is Cc1cc2c(cn1)NC(=O)C(C)C2=O. The van der Waals surface area contributed by atoms with Crippen molar-refractivity contribution in [1.29, 1.82) is 0 Å². The van der Waals surface area contributed by atoms with Crippen molar-refractivity contribution in [2.24, 2.45) is 5.92 Å². The van der Waals surface area contributed by atoms with Crippen LogP contribution in [0.3, 0.4) is 0 Å². The standard InChI is InChI=1S/C10H10N2O2/c1-5-3-7-8(4-11-5)12-10(14)6(2)9(7)13/h3-4,6H,1-2H3,(H,12,14). The number of aryl methyl sites for hydroxylation is 1. The molecule has 0 aliphatic carbocycles. The van der Waals surface area contributed by atoms with Gasteiger partial charge in [0.25, 0.3) is 0 Å². The number of anilines is 1. The number of carbonyl (C=O) groups is 2. The molecule has 1 aromatic rings. The van der Waals surface area contributed by atoms with Gasteiger partial charge < -0.3 is 5.32 Å². The number of ketones is 1. The molecule has 2 heterocycles. The van der Waals surface area contributed by atoms with Gasteiger partial charge in [0, 0.05) is 11.3 Å². The van der Waals surface area contributed by atoms with Crippen molar-refractivity contribution in [3.8, 4) is 0 Å². The highest BCUT2D eigenvalue weighted by atomic mass is 16.2. The lowest BCUT2D eigenvalue weighted by Crippen LogP contribution is -2.33. The highest BCUT2D eigenvalue weighted by Crippen LogP contribution is 2.24. The van der Waals surface area contributed by atoms with E-state index in [9.17, 15) is 9.59 Å². The second kappa shape index (κ2) is 2.90. The van der Waals surface area contributed by atoms with E-state index in [1.54, 1.807) is 13.0 Å². The molecule has 1 atom stereocenters. The highest BCUT2D eigenvalue weighted by Gasteiger charge is 2.30. The predicted molar refractivity (Wildman–Crippen MR) is 51.1 cm³/mol. The fourth-order valence-corrected chi connectivity index (χ4v) is 1.46. The summed E-state index contributed by atoms with van der Waals surface area (Å²) in [6, 6.07) is 1.70. The average molecular weight is 190 g/mol. The van der Waals surface area contributed by atoms with Crippen molar-refractivity contribution in [3.05, 3.63) is 23.5 Å². The predicted octanol–water partition coefficient (Wildman–Crippen LogP) is 1.16. The second-order valence-electron chi connectivity index (χ2n) is 3.45. The number of carbonyl (C=O) groups excluding carboxylic acids is 2. The van der Waals surface area contributed by atoms with Crippen LogP contribution in [0.25, 0.3) is 0 Å². The molecule has 0 radical (unpaired) electrons. The molecule has 0 spiro atoms. The van der Waals surface area contributed by atoms with Gasteiger partial charge in [0.1, 0.15) is 0 Å². The number of hydrogen-bond acceptors (Lipinski definition) is 3. The van der Waals surface area contributed by atoms with E-state index in [0.29, 0.717) is 11.3 Å². The van der Waals surface area contributed by atoms with E-state index in [0.717, 1.165) is 5.69 Å². The number of nitrogens with one attached hydrogen (secondary N) is 1. The maximum Gasteiger partial charge on any atom is 0.235 e. The van der Waals surface area contributed by atoms with E-state index >= 15 is 0 Å². The number of Topliss-reactive ketones (excluding diaryl/α,β-unsaturated/α-hetero) is 1. The summed E-state index contributed by atoms with van der Waals surface area (Å²) < 4.78 is 0. The fraction of sp³-hybridized carbons (Fsp3) is 0.300. The molecule has 0 aromatic carbocycles. The van der Waals surface area contributed by atoms with Crippen LogP contribution in [0.2, 0.25) is 0 Å². The van der Waals surface area contributed by atoms with Crippen LogP contribution in [0.1, 0.15) is 23.0 Å². The topological polar surface area (TPSA) is 59.1 Å². The molecular weight excluding hydrogens is 180 g/mol. The molecule has 1 N–H and O–H groups in total. The number of hydrogen-bond donors (Lipinski definition) is 1. The van der Waals surface area contributed by atoms with Gasteiger partial charge in [0.15, 0.2) is 5.78 Å². The normalized spacial score (nSPS) is 20.3. The molecule has 0 fully saturated rings. The lowest BCUT2D eigenvalue weighted by molar-refractivity contribution is -0.118. The minimum absolute atomic E-state index is 0.130. The summed E-state index contributed by atoms with van der Waals surface area (Å²) in [5.41, 5.74) is 1.86. The number of fused-ring (bicyclic) bond motifs is 1. The maximum atomic E-state index is 11.7. The molecule has 1 unspecified atom stereocenters. The largest absolute Gasteiger partial charge is 0.323 e. The lowest BCUT2D eigenvalue weighted by Gasteiger charge is -2.20. The first-order chi connectivity index (χ1) is 6.59. The van der Waals surface area contributed by atoms with Crippen LogP contribution in [-0.2, 0) is 4.79 Å². The van der Waals surface area contributed by atoms with Crippen LogP contribution in [0.5, 0.6) is 0 Å². The Kier molecular flexibility index (Phi) is 1.84. The van der Waals surface area contributed by atoms with Crippen LogP contribution in [0.4, 0.5) is 5.69 Å². The molecule has 2 rings (SSSR count). The van der Waals surface area contributed by atoms with Crippen molar-refractivity contribution < 1.29 is 9.59 Å². The van der Waals surface area contributed by atoms with Gasteiger partial charge in [-0.3, -0.25) is 14.6 Å². The molecule has 1 aliphatic heterocycles. The fourth-order valence-electron chi connectivity index (χ4n) is 1.46. The van der Waals surface area contributed by atoms with Gasteiger partial charge in [-0.15, -0.1) is 0 Å². The Balaban J connectivity index is 2.57. The first-order valence-electron chi connectivity index (χ1n) is 4.41. The van der Waals surface area contributed by atoms with Crippen LogP contribution in [0.15, 0.2) is 12.3 Å². The molecule has 14 heavy (non-hydrogen) atoms. The third kappa shape index (κ3) is 1.19. The molecule has 4 heteroatoms. The van der Waals surface area contributed by atoms with E-state index in [1.807, 2.05) is 6.92 Å². The minimum atomic E-state index is -0.593. The Morgan fingerprint density at radius 1 is 1.43 bits per heavy atom. The first-order valence-corrected chi connectivity index (χ1v) is 4.41. The van der Waals surface area contributed by atoms with E-state index in [1.165, 1.54) is 6.20 Å². The van der Waals surface area contributed by atoms with E-state index in [-0.39, 0.29) is 11.7 Å². The van der Waals surface area contributed by atoms with Crippen molar-refractivity contribution in [2.75, 3.05) is 5.32 Å². The molecular formula is C10H10N2O2. The molecule has 1 amide bonds. The summed E-state index contributed by atoms with van der Waals surface area (Å²) in [4.78, 5) is 27.0. The molecule has 72 valence electrons. The Morgan fingerprint density at radius 2 is 2.14 bits per heavy atom. The number of aromatic nitrogens is 1. The van der Waals surface area contributed by atoms with Crippen molar-refractivity contribution in [1.82, 2.24) is 4.98 Å². The lowest BCUT2D eigenvalue weighted by atomic mass is 9.94.